The number of nitrogens with one attached hydrogen (secondary N) is 1. The number of carbonyl (C=O) groups excluding carboxylic acids is 1. The lowest BCUT2D eigenvalue weighted by Crippen LogP contribution is -2.05. The maximum absolute atomic E-state index is 11.6. The monoisotopic (exact) mass is 219 g/mol. The first-order chi connectivity index (χ1) is 7.76. The van der Waals surface area contributed by atoms with Crippen molar-refractivity contribution in [2.45, 2.75) is 6.92 Å². The van der Waals surface area contributed by atoms with Gasteiger partial charge in [0.1, 0.15) is 11.3 Å². The van der Waals surface area contributed by atoms with Gasteiger partial charge in [-0.25, -0.2) is 4.79 Å². The van der Waals surface area contributed by atoms with Crippen molar-refractivity contribution in [3.63, 3.8) is 0 Å². The highest BCUT2D eigenvalue weighted by atomic mass is 16.5. The van der Waals surface area contributed by atoms with E-state index in [-0.39, 0.29) is 5.97 Å². The van der Waals surface area contributed by atoms with Crippen molar-refractivity contribution in [2.24, 2.45) is 0 Å². The van der Waals surface area contributed by atoms with Gasteiger partial charge in [0.15, 0.2) is 0 Å². The molecule has 0 fully saturated rings. The van der Waals surface area contributed by atoms with Gasteiger partial charge in [-0.1, -0.05) is 0 Å². The first kappa shape index (κ1) is 10.5. The summed E-state index contributed by atoms with van der Waals surface area (Å²) in [5.74, 6) is 0.163. The Morgan fingerprint density at radius 3 is 2.94 bits per heavy atom. The molecule has 16 heavy (non-hydrogen) atoms. The summed E-state index contributed by atoms with van der Waals surface area (Å²) in [5, 5.41) is 0.962. The van der Waals surface area contributed by atoms with Crippen LogP contribution in [0.3, 0.4) is 0 Å². The van der Waals surface area contributed by atoms with Crippen LogP contribution in [-0.4, -0.2) is 24.7 Å². The van der Waals surface area contributed by atoms with Crippen molar-refractivity contribution in [2.75, 3.05) is 13.7 Å². The zero-order valence-electron chi connectivity index (χ0n) is 9.24. The minimum Gasteiger partial charge on any atom is -0.493 e. The minimum absolute atomic E-state index is 0.383. The molecule has 0 aliphatic carbocycles. The molecule has 4 heteroatoms. The number of hydrogen-bond acceptors (Lipinski definition) is 3. The number of ether oxygens (including phenoxy) is 2. The Hall–Kier alpha value is -1.97. The average molecular weight is 219 g/mol. The molecule has 0 atom stereocenters. The Balaban J connectivity index is 2.57. The summed E-state index contributed by atoms with van der Waals surface area (Å²) in [5.41, 5.74) is 1.40. The van der Waals surface area contributed by atoms with E-state index >= 15 is 0 Å². The smallest absolute Gasteiger partial charge is 0.341 e. The van der Waals surface area contributed by atoms with Gasteiger partial charge in [0.2, 0.25) is 0 Å². The highest BCUT2D eigenvalue weighted by Gasteiger charge is 2.14. The molecule has 0 saturated heterocycles. The average Bonchev–Trinajstić information content (AvgIpc) is 2.74. The quantitative estimate of drug-likeness (QED) is 0.806. The lowest BCUT2D eigenvalue weighted by Gasteiger charge is -2.08. The maximum Gasteiger partial charge on any atom is 0.341 e. The van der Waals surface area contributed by atoms with E-state index < -0.39 is 0 Å². The Bertz CT molecular complexity index is 516. The number of methoxy groups -OCH3 is 1. The second kappa shape index (κ2) is 4.26. The number of hydrogen-bond donors (Lipinski definition) is 1. The van der Waals surface area contributed by atoms with Crippen molar-refractivity contribution in [1.29, 1.82) is 0 Å². The first-order valence-corrected chi connectivity index (χ1v) is 5.08. The Morgan fingerprint density at radius 1 is 1.44 bits per heavy atom. The molecular formula is C12H13NO3. The van der Waals surface area contributed by atoms with E-state index in [0.29, 0.717) is 17.9 Å². The molecule has 84 valence electrons. The molecule has 1 aromatic carbocycles. The first-order valence-electron chi connectivity index (χ1n) is 5.08. The van der Waals surface area contributed by atoms with E-state index in [2.05, 4.69) is 4.98 Å². The Kier molecular flexibility index (Phi) is 2.81. The lowest BCUT2D eigenvalue weighted by atomic mass is 10.1. The van der Waals surface area contributed by atoms with E-state index in [1.54, 1.807) is 6.07 Å². The molecule has 0 aliphatic rings. The molecular weight excluding hydrogens is 206 g/mol. The SMILES string of the molecule is CCOc1cc2[nH]ccc2cc1C(=O)OC. The number of H-pyrrole nitrogens is 1. The van der Waals surface area contributed by atoms with Gasteiger partial charge < -0.3 is 14.5 Å². The van der Waals surface area contributed by atoms with Gasteiger partial charge in [0.05, 0.1) is 13.7 Å². The summed E-state index contributed by atoms with van der Waals surface area (Å²) < 4.78 is 10.1. The molecule has 2 rings (SSSR count). The number of aromatic nitrogens is 1. The largest absolute Gasteiger partial charge is 0.493 e. The number of rotatable bonds is 3. The van der Waals surface area contributed by atoms with Crippen molar-refractivity contribution in [3.05, 3.63) is 30.0 Å². The maximum atomic E-state index is 11.6. The van der Waals surface area contributed by atoms with Crippen molar-refractivity contribution in [3.8, 4) is 5.75 Å². The summed E-state index contributed by atoms with van der Waals surface area (Å²) >= 11 is 0. The summed E-state index contributed by atoms with van der Waals surface area (Å²) in [6.07, 6.45) is 1.82. The molecule has 1 heterocycles. The van der Waals surface area contributed by atoms with E-state index in [9.17, 15) is 4.79 Å². The fourth-order valence-corrected chi connectivity index (χ4v) is 1.63. The molecule has 1 aromatic heterocycles. The van der Waals surface area contributed by atoms with Crippen molar-refractivity contribution >= 4 is 16.9 Å². The topological polar surface area (TPSA) is 51.3 Å². The Labute approximate surface area is 93.2 Å². The van der Waals surface area contributed by atoms with Crippen LogP contribution >= 0.6 is 0 Å². The van der Waals surface area contributed by atoms with Crippen LogP contribution in [0.1, 0.15) is 17.3 Å². The Morgan fingerprint density at radius 2 is 2.25 bits per heavy atom. The standard InChI is InChI=1S/C12H13NO3/c1-3-16-11-7-10-8(4-5-13-10)6-9(11)12(14)15-2/h4-7,13H,3H2,1-2H3. The molecule has 0 saturated carbocycles. The van der Waals surface area contributed by atoms with Crippen LogP contribution in [0.4, 0.5) is 0 Å². The predicted octanol–water partition coefficient (Wildman–Crippen LogP) is 2.35. The van der Waals surface area contributed by atoms with Gasteiger partial charge in [-0.2, -0.15) is 0 Å². The molecule has 2 aromatic rings. The zero-order valence-corrected chi connectivity index (χ0v) is 9.24. The van der Waals surface area contributed by atoms with Gasteiger partial charge in [-0.05, 0) is 19.1 Å². The van der Waals surface area contributed by atoms with Crippen LogP contribution in [0.2, 0.25) is 0 Å². The third-order valence-corrected chi connectivity index (χ3v) is 2.36. The normalized spacial score (nSPS) is 10.4. The van der Waals surface area contributed by atoms with Gasteiger partial charge >= 0.3 is 5.97 Å². The van der Waals surface area contributed by atoms with Gasteiger partial charge in [-0.15, -0.1) is 0 Å². The highest BCUT2D eigenvalue weighted by molar-refractivity contribution is 5.97. The summed E-state index contributed by atoms with van der Waals surface area (Å²) in [6.45, 7) is 2.39. The van der Waals surface area contributed by atoms with Crippen LogP contribution in [0, 0.1) is 0 Å². The van der Waals surface area contributed by atoms with Crippen molar-refractivity contribution in [1.82, 2.24) is 4.98 Å². The molecule has 0 spiro atoms. The third kappa shape index (κ3) is 1.74. The molecule has 4 nitrogen and oxygen atoms in total. The summed E-state index contributed by atoms with van der Waals surface area (Å²) in [4.78, 5) is 14.6. The minimum atomic E-state index is -0.383. The number of benzene rings is 1. The molecule has 0 aliphatic heterocycles. The summed E-state index contributed by atoms with van der Waals surface area (Å²) in [6, 6.07) is 5.48. The van der Waals surface area contributed by atoms with Gasteiger partial charge in [0, 0.05) is 23.2 Å². The van der Waals surface area contributed by atoms with E-state index in [0.717, 1.165) is 10.9 Å². The van der Waals surface area contributed by atoms with Crippen LogP contribution < -0.4 is 4.74 Å². The second-order valence-corrected chi connectivity index (χ2v) is 3.34. The van der Waals surface area contributed by atoms with Gasteiger partial charge in [-0.3, -0.25) is 0 Å². The lowest BCUT2D eigenvalue weighted by molar-refractivity contribution is 0.0596. The summed E-state index contributed by atoms with van der Waals surface area (Å²) in [7, 11) is 1.36. The fourth-order valence-electron chi connectivity index (χ4n) is 1.63. The number of fused-ring (bicyclic) bond motifs is 1. The van der Waals surface area contributed by atoms with E-state index in [1.807, 2.05) is 25.3 Å². The van der Waals surface area contributed by atoms with Crippen LogP contribution in [0.25, 0.3) is 10.9 Å². The molecule has 1 N–H and O–H groups in total. The molecule has 0 radical (unpaired) electrons. The van der Waals surface area contributed by atoms with Crippen LogP contribution in [-0.2, 0) is 4.74 Å². The number of esters is 1. The van der Waals surface area contributed by atoms with Gasteiger partial charge in [0.25, 0.3) is 0 Å². The van der Waals surface area contributed by atoms with E-state index in [1.165, 1.54) is 7.11 Å². The molecule has 0 bridgehead atoms. The zero-order chi connectivity index (χ0) is 11.5. The van der Waals surface area contributed by atoms with Crippen LogP contribution in [0.5, 0.6) is 5.75 Å². The number of aromatic amines is 1. The fraction of sp³-hybridized carbons (Fsp3) is 0.250. The van der Waals surface area contributed by atoms with Crippen molar-refractivity contribution < 1.29 is 14.3 Å². The van der Waals surface area contributed by atoms with Crippen LogP contribution in [0.15, 0.2) is 24.4 Å². The second-order valence-electron chi connectivity index (χ2n) is 3.34. The molecule has 0 amide bonds. The molecule has 0 unspecified atom stereocenters. The third-order valence-electron chi connectivity index (χ3n) is 2.36. The van der Waals surface area contributed by atoms with E-state index in [4.69, 9.17) is 9.47 Å². The number of carbonyl (C=O) groups is 1. The predicted molar refractivity (Wildman–Crippen MR) is 60.8 cm³/mol. The highest BCUT2D eigenvalue weighted by Crippen LogP contribution is 2.26.